The summed E-state index contributed by atoms with van der Waals surface area (Å²) >= 11 is 0. The fraction of sp³-hybridized carbons (Fsp3) is 0.320. The van der Waals surface area contributed by atoms with Gasteiger partial charge in [-0.1, -0.05) is 0 Å². The quantitative estimate of drug-likeness (QED) is 0.327. The lowest BCUT2D eigenvalue weighted by atomic mass is 10.2. The Balaban J connectivity index is 1.27. The average molecular weight is 519 g/mol. The molecule has 0 spiro atoms. The molecule has 0 bridgehead atoms. The second-order valence-electron chi connectivity index (χ2n) is 8.61. The molecule has 196 valence electrons. The van der Waals surface area contributed by atoms with Gasteiger partial charge in [0.15, 0.2) is 23.2 Å². The molecule has 1 aliphatic rings. The van der Waals surface area contributed by atoms with Gasteiger partial charge in [0.25, 0.3) is 5.91 Å². The number of benzene rings is 2. The number of aromatic nitrogens is 2. The van der Waals surface area contributed by atoms with Gasteiger partial charge >= 0.3 is 0 Å². The monoisotopic (exact) mass is 518 g/mol. The van der Waals surface area contributed by atoms with Crippen LogP contribution in [0.2, 0.25) is 0 Å². The summed E-state index contributed by atoms with van der Waals surface area (Å²) < 4.78 is 60.6. The van der Waals surface area contributed by atoms with E-state index >= 15 is 0 Å². The first-order valence-corrected chi connectivity index (χ1v) is 11.7. The second kappa shape index (κ2) is 12.0. The topological polar surface area (TPSA) is 82.6 Å². The summed E-state index contributed by atoms with van der Waals surface area (Å²) in [6.07, 6.45) is 3.04. The van der Waals surface area contributed by atoms with E-state index in [0.29, 0.717) is 24.4 Å². The molecule has 0 saturated carbocycles. The third kappa shape index (κ3) is 7.14. The molecule has 1 aromatic heterocycles. The van der Waals surface area contributed by atoms with Gasteiger partial charge in [-0.2, -0.15) is 0 Å². The minimum atomic E-state index is -1.26. The summed E-state index contributed by atoms with van der Waals surface area (Å²) in [5.74, 6) is -4.86. The van der Waals surface area contributed by atoms with Crippen LogP contribution >= 0.6 is 0 Å². The molecule has 1 saturated heterocycles. The highest BCUT2D eigenvalue weighted by molar-refractivity contribution is 6.04. The number of likely N-dealkylation sites (N-methyl/N-ethyl adjacent to an activating group) is 1. The van der Waals surface area contributed by atoms with Gasteiger partial charge in [0.2, 0.25) is 5.95 Å². The molecular weight excluding hydrogens is 492 g/mol. The molecule has 2 heterocycles. The van der Waals surface area contributed by atoms with Gasteiger partial charge in [-0.15, -0.1) is 0 Å². The number of hydrogen-bond acceptors (Lipinski definition) is 7. The number of rotatable bonds is 9. The number of piperazine rings is 1. The maximum absolute atomic E-state index is 14.5. The Morgan fingerprint density at radius 1 is 0.973 bits per heavy atom. The number of nitrogens with zero attached hydrogens (tertiary/aromatic N) is 4. The molecule has 12 heteroatoms. The minimum Gasteiger partial charge on any atom is -0.490 e. The summed E-state index contributed by atoms with van der Waals surface area (Å²) in [6, 6.07) is 5.24. The highest BCUT2D eigenvalue weighted by Gasteiger charge is 2.17. The molecule has 1 amide bonds. The van der Waals surface area contributed by atoms with Crippen molar-refractivity contribution in [1.82, 2.24) is 19.8 Å². The fourth-order valence-corrected chi connectivity index (χ4v) is 3.72. The molecule has 3 aromatic rings. The van der Waals surface area contributed by atoms with E-state index in [1.165, 1.54) is 12.1 Å². The zero-order valence-electron chi connectivity index (χ0n) is 20.1. The zero-order chi connectivity index (χ0) is 26.4. The molecular formula is C25H26F4N6O2. The number of amides is 1. The fourth-order valence-electron chi connectivity index (χ4n) is 3.72. The third-order valence-electron chi connectivity index (χ3n) is 5.82. The summed E-state index contributed by atoms with van der Waals surface area (Å²) in [6.45, 7) is 5.41. The van der Waals surface area contributed by atoms with E-state index in [4.69, 9.17) is 4.74 Å². The van der Waals surface area contributed by atoms with Crippen LogP contribution in [0, 0.1) is 23.3 Å². The maximum atomic E-state index is 14.5. The predicted molar refractivity (Wildman–Crippen MR) is 130 cm³/mol. The SMILES string of the molecule is CN1CCN(CCCOc2ccc(Nc3ncc(C(=O)Nc4c(F)cc(F)cc4F)cn3)cc2F)CC1. The van der Waals surface area contributed by atoms with Crippen molar-refractivity contribution in [3.8, 4) is 5.75 Å². The highest BCUT2D eigenvalue weighted by Crippen LogP contribution is 2.24. The number of nitrogens with one attached hydrogen (secondary N) is 2. The molecule has 1 aliphatic heterocycles. The molecule has 4 rings (SSSR count). The van der Waals surface area contributed by atoms with Crippen molar-refractivity contribution in [3.63, 3.8) is 0 Å². The summed E-state index contributed by atoms with van der Waals surface area (Å²) in [5.41, 5.74) is -0.527. The number of halogens is 4. The van der Waals surface area contributed by atoms with E-state index in [0.717, 1.165) is 51.5 Å². The smallest absolute Gasteiger partial charge is 0.258 e. The van der Waals surface area contributed by atoms with Crippen molar-refractivity contribution in [2.24, 2.45) is 0 Å². The summed E-state index contributed by atoms with van der Waals surface area (Å²) in [5, 5.41) is 4.83. The lowest BCUT2D eigenvalue weighted by Crippen LogP contribution is -2.44. The summed E-state index contributed by atoms with van der Waals surface area (Å²) in [7, 11) is 2.10. The molecule has 2 N–H and O–H groups in total. The Hall–Kier alpha value is -3.77. The molecule has 0 atom stereocenters. The molecule has 8 nitrogen and oxygen atoms in total. The van der Waals surface area contributed by atoms with Crippen LogP contribution in [-0.4, -0.2) is 72.1 Å². The van der Waals surface area contributed by atoms with Gasteiger partial charge in [0.1, 0.15) is 11.5 Å². The van der Waals surface area contributed by atoms with Gasteiger partial charge in [0.05, 0.1) is 12.2 Å². The Morgan fingerprint density at radius 2 is 1.65 bits per heavy atom. The average Bonchev–Trinajstić information content (AvgIpc) is 2.86. The lowest BCUT2D eigenvalue weighted by molar-refractivity contribution is 0.102. The van der Waals surface area contributed by atoms with E-state index in [9.17, 15) is 22.4 Å². The molecule has 1 fully saturated rings. The lowest BCUT2D eigenvalue weighted by Gasteiger charge is -2.32. The maximum Gasteiger partial charge on any atom is 0.258 e. The van der Waals surface area contributed by atoms with Crippen molar-refractivity contribution in [3.05, 3.63) is 71.6 Å². The first-order valence-electron chi connectivity index (χ1n) is 11.7. The normalized spacial score (nSPS) is 14.4. The van der Waals surface area contributed by atoms with Crippen LogP contribution in [0.5, 0.6) is 5.75 Å². The molecule has 0 aliphatic carbocycles. The first kappa shape index (κ1) is 26.3. The number of anilines is 3. The van der Waals surface area contributed by atoms with Crippen LogP contribution in [0.3, 0.4) is 0 Å². The van der Waals surface area contributed by atoms with Crippen molar-refractivity contribution in [2.45, 2.75) is 6.42 Å². The van der Waals surface area contributed by atoms with E-state index < -0.39 is 34.9 Å². The van der Waals surface area contributed by atoms with E-state index in [1.807, 2.05) is 5.32 Å². The first-order chi connectivity index (χ1) is 17.8. The number of carbonyl (C=O) groups is 1. The Morgan fingerprint density at radius 3 is 2.30 bits per heavy atom. The minimum absolute atomic E-state index is 0.0657. The van der Waals surface area contributed by atoms with Gasteiger partial charge < -0.3 is 25.2 Å². The van der Waals surface area contributed by atoms with Crippen molar-refractivity contribution in [2.75, 3.05) is 57.0 Å². The standard InChI is InChI=1S/C25H26F4N6O2/c1-34-6-8-35(9-7-34)5-2-10-37-22-4-3-18(13-19(22)27)32-25-30-14-16(15-31-25)24(36)33-23-20(28)11-17(26)12-21(23)29/h3-4,11-15H,2,5-10H2,1H3,(H,33,36)(H,30,31,32). The Kier molecular flexibility index (Phi) is 8.51. The largest absolute Gasteiger partial charge is 0.490 e. The second-order valence-corrected chi connectivity index (χ2v) is 8.61. The van der Waals surface area contributed by atoms with Gasteiger partial charge in [-0.25, -0.2) is 27.5 Å². The van der Waals surface area contributed by atoms with Crippen LogP contribution in [0.1, 0.15) is 16.8 Å². The Bertz CT molecular complexity index is 1210. The number of hydrogen-bond donors (Lipinski definition) is 2. The third-order valence-corrected chi connectivity index (χ3v) is 5.82. The van der Waals surface area contributed by atoms with Gasteiger partial charge in [-0.3, -0.25) is 4.79 Å². The molecule has 37 heavy (non-hydrogen) atoms. The zero-order valence-corrected chi connectivity index (χ0v) is 20.1. The van der Waals surface area contributed by atoms with Gasteiger partial charge in [0, 0.05) is 69.0 Å². The molecule has 0 radical (unpaired) electrons. The van der Waals surface area contributed by atoms with Crippen LogP contribution in [0.4, 0.5) is 34.9 Å². The van der Waals surface area contributed by atoms with Crippen LogP contribution in [-0.2, 0) is 0 Å². The van der Waals surface area contributed by atoms with Crippen LogP contribution < -0.4 is 15.4 Å². The summed E-state index contributed by atoms with van der Waals surface area (Å²) in [4.78, 5) is 24.8. The van der Waals surface area contributed by atoms with E-state index in [2.05, 4.69) is 32.1 Å². The van der Waals surface area contributed by atoms with Crippen molar-refractivity contribution >= 4 is 23.2 Å². The Labute approximate surface area is 211 Å². The van der Waals surface area contributed by atoms with Crippen LogP contribution in [0.25, 0.3) is 0 Å². The molecule has 0 unspecified atom stereocenters. The van der Waals surface area contributed by atoms with E-state index in [1.54, 1.807) is 6.07 Å². The number of ether oxygens (including phenoxy) is 1. The highest BCUT2D eigenvalue weighted by atomic mass is 19.1. The van der Waals surface area contributed by atoms with E-state index in [-0.39, 0.29) is 17.3 Å². The predicted octanol–water partition coefficient (Wildman–Crippen LogP) is 4.05. The van der Waals surface area contributed by atoms with Crippen molar-refractivity contribution < 1.29 is 27.1 Å². The van der Waals surface area contributed by atoms with Crippen molar-refractivity contribution in [1.29, 1.82) is 0 Å². The van der Waals surface area contributed by atoms with Gasteiger partial charge in [-0.05, 0) is 25.6 Å². The number of carbonyl (C=O) groups excluding carboxylic acids is 1. The molecule has 2 aromatic carbocycles. The van der Waals surface area contributed by atoms with Crippen LogP contribution in [0.15, 0.2) is 42.7 Å².